The summed E-state index contributed by atoms with van der Waals surface area (Å²) in [6.07, 6.45) is 1.47. The van der Waals surface area contributed by atoms with Gasteiger partial charge in [-0.3, -0.25) is 4.90 Å². The number of rotatable bonds is 4. The van der Waals surface area contributed by atoms with Crippen LogP contribution in [0.15, 0.2) is 24.3 Å². The maximum atomic E-state index is 14.8. The minimum Gasteiger partial charge on any atom is -0.493 e. The lowest BCUT2D eigenvalue weighted by molar-refractivity contribution is -0.179. The summed E-state index contributed by atoms with van der Waals surface area (Å²) in [7, 11) is 4.62. The average molecular weight is 359 g/mol. The van der Waals surface area contributed by atoms with Gasteiger partial charge < -0.3 is 14.4 Å². The summed E-state index contributed by atoms with van der Waals surface area (Å²) in [6.45, 7) is 1.51. The molecule has 2 aliphatic heterocycles. The van der Waals surface area contributed by atoms with Crippen molar-refractivity contribution in [1.29, 1.82) is 0 Å². The molecule has 0 bridgehead atoms. The molecule has 0 amide bonds. The third kappa shape index (κ3) is 2.61. The number of hydrogen-bond donors (Lipinski definition) is 0. The Kier molecular flexibility index (Phi) is 4.46. The molecule has 6 heteroatoms. The molecule has 1 atom stereocenters. The molecule has 2 aromatic carbocycles. The molecule has 0 saturated heterocycles. The van der Waals surface area contributed by atoms with Crippen LogP contribution < -0.4 is 14.4 Å². The number of nitrogens with zero attached hydrogens (tertiary/aromatic N) is 1. The Balaban J connectivity index is 1.82. The van der Waals surface area contributed by atoms with E-state index in [4.69, 9.17) is 19.2 Å². The van der Waals surface area contributed by atoms with E-state index in [1.54, 1.807) is 7.11 Å². The third-order valence-electron chi connectivity index (χ3n) is 5.36. The molecule has 0 radical (unpaired) electrons. The third-order valence-corrected chi connectivity index (χ3v) is 5.36. The first kappa shape index (κ1) is 17.1. The predicted octanol–water partition coefficient (Wildman–Crippen LogP) is 3.44. The lowest BCUT2D eigenvalue weighted by Gasteiger charge is -2.42. The summed E-state index contributed by atoms with van der Waals surface area (Å²) >= 11 is 0. The standard InChI is InChI=1S/C20H22FNO4/c1-23-18-10-15(21)13-9-16-19-12(5-4-6-17(19)26-25-3)7-8-22(16)11-14(13)20(18)24-2/h4-6,10,16H,7-9,11H2,1-3H3. The second-order valence-electron chi connectivity index (χ2n) is 6.57. The van der Waals surface area contributed by atoms with Gasteiger partial charge in [0.05, 0.1) is 21.3 Å². The molecule has 138 valence electrons. The minimum absolute atomic E-state index is 0.0465. The molecular weight excluding hydrogens is 337 g/mol. The second kappa shape index (κ2) is 6.78. The van der Waals surface area contributed by atoms with Crippen LogP contribution in [0.1, 0.15) is 28.3 Å². The second-order valence-corrected chi connectivity index (χ2v) is 6.57. The maximum absolute atomic E-state index is 14.8. The fourth-order valence-corrected chi connectivity index (χ4v) is 4.23. The number of ether oxygens (including phenoxy) is 2. The van der Waals surface area contributed by atoms with Crippen LogP contribution in [0.4, 0.5) is 4.39 Å². The summed E-state index contributed by atoms with van der Waals surface area (Å²) in [5.41, 5.74) is 3.86. The molecule has 0 aromatic heterocycles. The van der Waals surface area contributed by atoms with Crippen molar-refractivity contribution in [3.8, 4) is 17.2 Å². The van der Waals surface area contributed by atoms with Gasteiger partial charge in [-0.25, -0.2) is 4.39 Å². The normalized spacial score (nSPS) is 18.5. The zero-order chi connectivity index (χ0) is 18.3. The smallest absolute Gasteiger partial charge is 0.170 e. The van der Waals surface area contributed by atoms with Crippen LogP contribution in [-0.2, 0) is 24.3 Å². The van der Waals surface area contributed by atoms with E-state index in [0.717, 1.165) is 24.1 Å². The molecule has 0 N–H and O–H groups in total. The Hall–Kier alpha value is -2.31. The van der Waals surface area contributed by atoms with Crippen LogP contribution in [0.5, 0.6) is 17.2 Å². The summed E-state index contributed by atoms with van der Waals surface area (Å²) in [5, 5.41) is 0. The van der Waals surface area contributed by atoms with E-state index >= 15 is 0 Å². The van der Waals surface area contributed by atoms with Gasteiger partial charge in [-0.1, -0.05) is 12.1 Å². The van der Waals surface area contributed by atoms with Crippen molar-refractivity contribution < 1.29 is 23.6 Å². The number of hydrogen-bond acceptors (Lipinski definition) is 5. The first-order valence-electron chi connectivity index (χ1n) is 8.66. The number of benzene rings is 2. The fraction of sp³-hybridized carbons (Fsp3) is 0.400. The van der Waals surface area contributed by atoms with Crippen molar-refractivity contribution in [2.75, 3.05) is 27.9 Å². The lowest BCUT2D eigenvalue weighted by atomic mass is 9.83. The van der Waals surface area contributed by atoms with Gasteiger partial charge >= 0.3 is 0 Å². The van der Waals surface area contributed by atoms with Crippen molar-refractivity contribution in [2.45, 2.75) is 25.4 Å². The number of halogens is 1. The molecular formula is C20H22FNO4. The molecule has 2 aromatic rings. The molecule has 2 heterocycles. The summed E-state index contributed by atoms with van der Waals surface area (Å²) in [6, 6.07) is 7.43. The van der Waals surface area contributed by atoms with Crippen LogP contribution in [0.2, 0.25) is 0 Å². The zero-order valence-electron chi connectivity index (χ0n) is 15.2. The highest BCUT2D eigenvalue weighted by Gasteiger charge is 2.37. The highest BCUT2D eigenvalue weighted by molar-refractivity contribution is 5.54. The van der Waals surface area contributed by atoms with Crippen LogP contribution in [0.25, 0.3) is 0 Å². The lowest BCUT2D eigenvalue weighted by Crippen LogP contribution is -2.40. The predicted molar refractivity (Wildman–Crippen MR) is 94.1 cm³/mol. The number of fused-ring (bicyclic) bond motifs is 4. The Morgan fingerprint density at radius 1 is 1.08 bits per heavy atom. The van der Waals surface area contributed by atoms with E-state index in [-0.39, 0.29) is 11.9 Å². The van der Waals surface area contributed by atoms with E-state index in [0.29, 0.717) is 35.8 Å². The van der Waals surface area contributed by atoms with E-state index in [9.17, 15) is 4.39 Å². The Morgan fingerprint density at radius 2 is 1.92 bits per heavy atom. The quantitative estimate of drug-likeness (QED) is 0.618. The van der Waals surface area contributed by atoms with Crippen LogP contribution in [0.3, 0.4) is 0 Å². The molecule has 0 saturated carbocycles. The molecule has 5 nitrogen and oxygen atoms in total. The highest BCUT2D eigenvalue weighted by Crippen LogP contribution is 2.46. The fourth-order valence-electron chi connectivity index (χ4n) is 4.23. The Bertz CT molecular complexity index is 839. The highest BCUT2D eigenvalue weighted by atomic mass is 19.1. The number of methoxy groups -OCH3 is 2. The molecule has 0 aliphatic carbocycles. The van der Waals surface area contributed by atoms with Crippen molar-refractivity contribution in [1.82, 2.24) is 4.90 Å². The van der Waals surface area contributed by atoms with Crippen LogP contribution >= 0.6 is 0 Å². The van der Waals surface area contributed by atoms with E-state index < -0.39 is 0 Å². The Morgan fingerprint density at radius 3 is 2.65 bits per heavy atom. The van der Waals surface area contributed by atoms with Crippen molar-refractivity contribution in [3.05, 3.63) is 52.3 Å². The topological polar surface area (TPSA) is 40.2 Å². The largest absolute Gasteiger partial charge is 0.493 e. The van der Waals surface area contributed by atoms with E-state index in [2.05, 4.69) is 11.0 Å². The molecule has 26 heavy (non-hydrogen) atoms. The van der Waals surface area contributed by atoms with Gasteiger partial charge in [0, 0.05) is 36.3 Å². The summed E-state index contributed by atoms with van der Waals surface area (Å²) in [5.74, 6) is 1.50. The molecule has 1 unspecified atom stereocenters. The van der Waals surface area contributed by atoms with E-state index in [1.165, 1.54) is 25.8 Å². The zero-order valence-corrected chi connectivity index (χ0v) is 15.2. The maximum Gasteiger partial charge on any atom is 0.170 e. The SMILES string of the molecule is COOc1cccc2c1C1Cc3c(F)cc(OC)c(OC)c3CN1CC2. The van der Waals surface area contributed by atoms with Crippen LogP contribution in [-0.4, -0.2) is 32.8 Å². The van der Waals surface area contributed by atoms with E-state index in [1.807, 2.05) is 12.1 Å². The molecule has 0 fully saturated rings. The van der Waals surface area contributed by atoms with Gasteiger partial charge in [0.15, 0.2) is 17.2 Å². The van der Waals surface area contributed by atoms with Gasteiger partial charge in [0.25, 0.3) is 0 Å². The summed E-state index contributed by atoms with van der Waals surface area (Å²) in [4.78, 5) is 12.6. The van der Waals surface area contributed by atoms with Crippen molar-refractivity contribution in [2.24, 2.45) is 0 Å². The van der Waals surface area contributed by atoms with Crippen molar-refractivity contribution in [3.63, 3.8) is 0 Å². The van der Waals surface area contributed by atoms with Gasteiger partial charge in [-0.15, -0.1) is 0 Å². The van der Waals surface area contributed by atoms with Crippen molar-refractivity contribution >= 4 is 0 Å². The Labute approximate surface area is 152 Å². The monoisotopic (exact) mass is 359 g/mol. The van der Waals surface area contributed by atoms with Gasteiger partial charge in [-0.2, -0.15) is 4.89 Å². The molecule has 4 rings (SSSR count). The van der Waals surface area contributed by atoms with Gasteiger partial charge in [0.1, 0.15) is 5.82 Å². The average Bonchev–Trinajstić information content (AvgIpc) is 2.66. The van der Waals surface area contributed by atoms with Gasteiger partial charge in [0.2, 0.25) is 0 Å². The van der Waals surface area contributed by atoms with Gasteiger partial charge in [-0.05, 0) is 30.0 Å². The van der Waals surface area contributed by atoms with Crippen LogP contribution in [0, 0.1) is 5.82 Å². The first-order valence-corrected chi connectivity index (χ1v) is 8.66. The molecule has 0 spiro atoms. The minimum atomic E-state index is -0.255. The molecule has 2 aliphatic rings. The summed E-state index contributed by atoms with van der Waals surface area (Å²) < 4.78 is 25.7. The first-order chi connectivity index (χ1) is 12.7.